The van der Waals surface area contributed by atoms with Gasteiger partial charge in [0.2, 0.25) is 0 Å². The average molecular weight is 481 g/mol. The zero-order valence-corrected chi connectivity index (χ0v) is 17.9. The highest BCUT2D eigenvalue weighted by Crippen LogP contribution is 2.37. The first-order valence-corrected chi connectivity index (χ1v) is 10.6. The van der Waals surface area contributed by atoms with Gasteiger partial charge < -0.3 is 20.4 Å². The topological polar surface area (TPSA) is 112 Å². The summed E-state index contributed by atoms with van der Waals surface area (Å²) in [6, 6.07) is 5.36. The number of imidazole rings is 1. The molecule has 2 aliphatic rings. The van der Waals surface area contributed by atoms with E-state index in [2.05, 4.69) is 25.6 Å². The van der Waals surface area contributed by atoms with Crippen molar-refractivity contribution in [2.45, 2.75) is 12.6 Å². The highest BCUT2D eigenvalue weighted by molar-refractivity contribution is 5.91. The van der Waals surface area contributed by atoms with Crippen molar-refractivity contribution in [3.63, 3.8) is 0 Å². The quantitative estimate of drug-likeness (QED) is 0.431. The number of ether oxygens (including phenoxy) is 1. The van der Waals surface area contributed by atoms with Crippen molar-refractivity contribution in [2.24, 2.45) is 5.92 Å². The molecule has 35 heavy (non-hydrogen) atoms. The zero-order chi connectivity index (χ0) is 24.6. The maximum atomic E-state index is 13.0. The Morgan fingerprint density at radius 1 is 1.11 bits per heavy atom. The summed E-state index contributed by atoms with van der Waals surface area (Å²) in [5.74, 6) is 0.794. The third kappa shape index (κ3) is 4.60. The summed E-state index contributed by atoms with van der Waals surface area (Å²) in [4.78, 5) is 33.5. The molecule has 2 heterocycles. The Bertz CT molecular complexity index is 1490. The molecule has 8 nitrogen and oxygen atoms in total. The van der Waals surface area contributed by atoms with Crippen molar-refractivity contribution in [1.29, 1.82) is 0 Å². The molecule has 2 aliphatic carbocycles. The number of allylic oxidation sites excluding steroid dienone is 7. The molecular formula is C24H18F3N5O3. The van der Waals surface area contributed by atoms with Crippen molar-refractivity contribution in [2.75, 3.05) is 5.32 Å². The van der Waals surface area contributed by atoms with Crippen LogP contribution in [0.15, 0.2) is 88.7 Å². The van der Waals surface area contributed by atoms with E-state index in [1.54, 1.807) is 18.2 Å². The molecule has 5 rings (SSSR count). The van der Waals surface area contributed by atoms with E-state index in [1.807, 2.05) is 18.2 Å². The molecule has 11 heteroatoms. The lowest BCUT2D eigenvalue weighted by molar-refractivity contribution is -0.137. The number of urea groups is 1. The van der Waals surface area contributed by atoms with Gasteiger partial charge in [0.1, 0.15) is 11.3 Å². The van der Waals surface area contributed by atoms with Crippen LogP contribution in [0.3, 0.4) is 0 Å². The molecule has 0 radical (unpaired) electrons. The van der Waals surface area contributed by atoms with Gasteiger partial charge >= 0.3 is 17.9 Å². The highest BCUT2D eigenvalue weighted by atomic mass is 19.4. The van der Waals surface area contributed by atoms with E-state index in [9.17, 15) is 22.8 Å². The van der Waals surface area contributed by atoms with Crippen LogP contribution in [0.5, 0.6) is 5.75 Å². The predicted octanol–water partition coefficient (Wildman–Crippen LogP) is 4.75. The second-order valence-electron chi connectivity index (χ2n) is 7.86. The molecule has 4 N–H and O–H groups in total. The number of halogens is 3. The van der Waals surface area contributed by atoms with Crippen LogP contribution in [0.4, 0.5) is 23.7 Å². The Morgan fingerprint density at radius 2 is 1.97 bits per heavy atom. The largest absolute Gasteiger partial charge is 0.459 e. The fraction of sp³-hybridized carbons (Fsp3) is 0.125. The van der Waals surface area contributed by atoms with E-state index in [4.69, 9.17) is 4.74 Å². The summed E-state index contributed by atoms with van der Waals surface area (Å²) < 4.78 is 45.0. The van der Waals surface area contributed by atoms with Gasteiger partial charge in [0.25, 0.3) is 0 Å². The third-order valence-corrected chi connectivity index (χ3v) is 5.53. The second kappa shape index (κ2) is 8.67. The summed E-state index contributed by atoms with van der Waals surface area (Å²) in [5.41, 5.74) is 0.829. The van der Waals surface area contributed by atoms with E-state index in [-0.39, 0.29) is 11.6 Å². The molecule has 0 fully saturated rings. The molecule has 0 spiro atoms. The molecule has 0 aliphatic heterocycles. The van der Waals surface area contributed by atoms with Gasteiger partial charge in [-0.1, -0.05) is 24.3 Å². The molecule has 1 unspecified atom stereocenters. The fourth-order valence-corrected chi connectivity index (χ4v) is 3.96. The number of carbonyl (C=O) groups excluding carboxylic acids is 1. The normalized spacial score (nSPS) is 17.2. The number of nitrogens with zero attached hydrogens (tertiary/aromatic N) is 1. The Kier molecular flexibility index (Phi) is 5.51. The lowest BCUT2D eigenvalue weighted by atomic mass is 9.84. The van der Waals surface area contributed by atoms with Crippen molar-refractivity contribution >= 4 is 22.9 Å². The Labute approximate surface area is 195 Å². The maximum absolute atomic E-state index is 13.0. The predicted molar refractivity (Wildman–Crippen MR) is 122 cm³/mol. The molecular weight excluding hydrogens is 463 g/mol. The van der Waals surface area contributed by atoms with E-state index in [0.29, 0.717) is 34.8 Å². The number of H-pyrrole nitrogens is 2. The minimum atomic E-state index is -4.51. The number of anilines is 1. The summed E-state index contributed by atoms with van der Waals surface area (Å²) in [6.07, 6.45) is 6.61. The van der Waals surface area contributed by atoms with Crippen LogP contribution in [-0.4, -0.2) is 21.0 Å². The molecule has 1 aromatic carbocycles. The molecule has 0 saturated carbocycles. The molecule has 1 atom stereocenters. The van der Waals surface area contributed by atoms with Crippen LogP contribution < -0.4 is 21.1 Å². The van der Waals surface area contributed by atoms with E-state index in [1.165, 1.54) is 18.3 Å². The molecule has 2 amide bonds. The first-order chi connectivity index (χ1) is 16.8. The number of fused-ring (bicyclic) bond motifs is 2. The molecule has 3 aromatic rings. The maximum Gasteiger partial charge on any atom is 0.416 e. The molecule has 2 aromatic heterocycles. The number of nitrogens with one attached hydrogen (secondary N) is 4. The van der Waals surface area contributed by atoms with Gasteiger partial charge in [-0.15, -0.1) is 0 Å². The Balaban J connectivity index is 1.37. The van der Waals surface area contributed by atoms with Gasteiger partial charge in [-0.25, -0.2) is 14.6 Å². The number of aromatic nitrogens is 3. The lowest BCUT2D eigenvalue weighted by Gasteiger charge is -2.29. The number of aromatic amines is 2. The Hall–Kier alpha value is -4.54. The molecule has 0 saturated heterocycles. The summed E-state index contributed by atoms with van der Waals surface area (Å²) in [6.45, 7) is 0. The summed E-state index contributed by atoms with van der Waals surface area (Å²) in [7, 11) is 0. The number of pyridine rings is 1. The number of alkyl halides is 3. The van der Waals surface area contributed by atoms with Crippen molar-refractivity contribution in [3.05, 3.63) is 100.0 Å². The van der Waals surface area contributed by atoms with Crippen LogP contribution in [-0.2, 0) is 6.18 Å². The van der Waals surface area contributed by atoms with Crippen LogP contribution in [0, 0.1) is 5.92 Å². The van der Waals surface area contributed by atoms with Gasteiger partial charge in [0, 0.05) is 29.6 Å². The van der Waals surface area contributed by atoms with Gasteiger partial charge in [-0.05, 0) is 42.3 Å². The minimum absolute atomic E-state index is 0.0181. The first kappa shape index (κ1) is 22.3. The van der Waals surface area contributed by atoms with Crippen LogP contribution in [0.2, 0.25) is 0 Å². The van der Waals surface area contributed by atoms with E-state index in [0.717, 1.165) is 17.7 Å². The Morgan fingerprint density at radius 3 is 2.80 bits per heavy atom. The SMILES string of the molecule is O=C(NC1=CC=C(Oc2ccnc3[nH]c(=O)[nH]c23)C2CC=CC=C12)Nc1cccc(C(F)(F)F)c1. The van der Waals surface area contributed by atoms with Gasteiger partial charge in [-0.2, -0.15) is 13.2 Å². The van der Waals surface area contributed by atoms with E-state index < -0.39 is 23.5 Å². The second-order valence-corrected chi connectivity index (χ2v) is 7.86. The standard InChI is InChI=1S/C24H18F3N5O3/c25-24(26,27)13-4-3-5-14(12-13)29-22(33)30-17-8-9-18(16-7-2-1-6-15(16)17)35-19-10-11-28-21-20(19)31-23(34)32-21/h1-6,8-12,16H,7H2,(H2,29,30,33)(H2,28,31,32,34). The third-order valence-electron chi connectivity index (χ3n) is 5.53. The van der Waals surface area contributed by atoms with Crippen LogP contribution in [0.1, 0.15) is 12.0 Å². The number of amides is 2. The lowest BCUT2D eigenvalue weighted by Crippen LogP contribution is -2.32. The van der Waals surface area contributed by atoms with Crippen molar-refractivity contribution < 1.29 is 22.7 Å². The molecule has 0 bridgehead atoms. The van der Waals surface area contributed by atoms with Crippen LogP contribution >= 0.6 is 0 Å². The van der Waals surface area contributed by atoms with E-state index >= 15 is 0 Å². The first-order valence-electron chi connectivity index (χ1n) is 10.6. The van der Waals surface area contributed by atoms with Crippen molar-refractivity contribution in [3.8, 4) is 5.75 Å². The monoisotopic (exact) mass is 481 g/mol. The summed E-state index contributed by atoms with van der Waals surface area (Å²) in [5, 5.41) is 5.15. The van der Waals surface area contributed by atoms with Crippen molar-refractivity contribution in [1.82, 2.24) is 20.3 Å². The number of rotatable bonds is 4. The fourth-order valence-electron chi connectivity index (χ4n) is 3.96. The number of hydrogen-bond acceptors (Lipinski definition) is 4. The van der Waals surface area contributed by atoms with Gasteiger partial charge in [0.15, 0.2) is 11.4 Å². The highest BCUT2D eigenvalue weighted by Gasteiger charge is 2.31. The average Bonchev–Trinajstić information content (AvgIpc) is 3.21. The summed E-state index contributed by atoms with van der Waals surface area (Å²) >= 11 is 0. The van der Waals surface area contributed by atoms with Gasteiger partial charge in [0.05, 0.1) is 5.56 Å². The molecule has 178 valence electrons. The number of benzene rings is 1. The smallest absolute Gasteiger partial charge is 0.416 e. The minimum Gasteiger partial charge on any atom is -0.459 e. The number of hydrogen-bond donors (Lipinski definition) is 4. The zero-order valence-electron chi connectivity index (χ0n) is 17.9. The van der Waals surface area contributed by atoms with Gasteiger partial charge in [-0.3, -0.25) is 4.98 Å². The van der Waals surface area contributed by atoms with Crippen LogP contribution in [0.25, 0.3) is 11.2 Å². The number of carbonyl (C=O) groups is 1.